The zero-order valence-corrected chi connectivity index (χ0v) is 13.4. The summed E-state index contributed by atoms with van der Waals surface area (Å²) in [5, 5.41) is 0.585. The number of carbonyl (C=O) groups is 1. The molecule has 2 N–H and O–H groups in total. The van der Waals surface area contributed by atoms with Gasteiger partial charge in [-0.25, -0.2) is 0 Å². The monoisotopic (exact) mass is 307 g/mol. The molecule has 0 aliphatic carbocycles. The number of nitrogens with two attached hydrogens (primary N) is 1. The molecule has 0 unspecified atom stereocenters. The van der Waals surface area contributed by atoms with Crippen molar-refractivity contribution in [2.75, 3.05) is 5.73 Å². The predicted molar refractivity (Wildman–Crippen MR) is 93.5 cm³/mol. The van der Waals surface area contributed by atoms with E-state index in [9.17, 15) is 4.79 Å². The van der Waals surface area contributed by atoms with Crippen molar-refractivity contribution in [2.24, 2.45) is 0 Å². The van der Waals surface area contributed by atoms with Crippen molar-refractivity contribution in [3.05, 3.63) is 76.2 Å². The van der Waals surface area contributed by atoms with Gasteiger partial charge in [-0.05, 0) is 19.4 Å². The molecule has 3 aromatic rings. The van der Waals surface area contributed by atoms with Gasteiger partial charge in [-0.1, -0.05) is 60.2 Å². The average molecular weight is 307 g/mol. The van der Waals surface area contributed by atoms with Crippen LogP contribution in [-0.2, 0) is 0 Å². The van der Waals surface area contributed by atoms with Crippen LogP contribution in [0.5, 0.6) is 0 Å². The molecular weight excluding hydrogens is 290 g/mol. The molecule has 0 saturated heterocycles. The third-order valence-corrected chi connectivity index (χ3v) is 4.65. The van der Waals surface area contributed by atoms with E-state index in [4.69, 9.17) is 5.73 Å². The Morgan fingerprint density at radius 2 is 1.59 bits per heavy atom. The molecule has 3 heteroatoms. The Morgan fingerprint density at radius 1 is 0.955 bits per heavy atom. The Hall–Kier alpha value is -2.39. The first kappa shape index (κ1) is 14.5. The Morgan fingerprint density at radius 3 is 2.23 bits per heavy atom. The Kier molecular flexibility index (Phi) is 3.82. The molecule has 22 heavy (non-hydrogen) atoms. The topological polar surface area (TPSA) is 43.1 Å². The number of nitrogen functional groups attached to an aromatic ring is 1. The summed E-state index contributed by atoms with van der Waals surface area (Å²) in [6.45, 7) is 4.06. The van der Waals surface area contributed by atoms with Crippen LogP contribution in [0.25, 0.3) is 11.1 Å². The molecule has 0 spiro atoms. The lowest BCUT2D eigenvalue weighted by atomic mass is 9.95. The summed E-state index contributed by atoms with van der Waals surface area (Å²) in [5.74, 6) is -0.0157. The Bertz CT molecular complexity index is 817. The number of hydrogen-bond donors (Lipinski definition) is 1. The van der Waals surface area contributed by atoms with Gasteiger partial charge in [0.2, 0.25) is 0 Å². The first-order valence-corrected chi connectivity index (χ1v) is 7.95. The maximum absolute atomic E-state index is 12.9. The molecule has 0 saturated carbocycles. The van der Waals surface area contributed by atoms with Gasteiger partial charge in [0.15, 0.2) is 5.78 Å². The lowest BCUT2D eigenvalue weighted by Gasteiger charge is -2.07. The van der Waals surface area contributed by atoms with Crippen molar-refractivity contribution in [1.29, 1.82) is 0 Å². The number of rotatable bonds is 3. The second kappa shape index (κ2) is 5.78. The molecule has 3 rings (SSSR count). The maximum Gasteiger partial charge on any atom is 0.196 e. The van der Waals surface area contributed by atoms with Crippen LogP contribution in [0.15, 0.2) is 54.6 Å². The summed E-state index contributed by atoms with van der Waals surface area (Å²) in [6.07, 6.45) is 0. The van der Waals surface area contributed by atoms with Gasteiger partial charge < -0.3 is 5.73 Å². The number of benzene rings is 2. The van der Waals surface area contributed by atoms with E-state index < -0.39 is 0 Å². The minimum Gasteiger partial charge on any atom is -0.390 e. The van der Waals surface area contributed by atoms with Gasteiger partial charge in [0, 0.05) is 16.0 Å². The molecule has 0 aliphatic heterocycles. The third kappa shape index (κ3) is 2.55. The molecule has 0 atom stereocenters. The van der Waals surface area contributed by atoms with Crippen molar-refractivity contribution in [3.8, 4) is 11.1 Å². The summed E-state index contributed by atoms with van der Waals surface area (Å²) in [6, 6.07) is 17.5. The van der Waals surface area contributed by atoms with E-state index in [-0.39, 0.29) is 5.78 Å². The highest BCUT2D eigenvalue weighted by Crippen LogP contribution is 2.39. The number of aryl methyl sites for hydroxylation is 2. The molecule has 110 valence electrons. The van der Waals surface area contributed by atoms with E-state index in [1.165, 1.54) is 16.9 Å². The Labute approximate surface area is 134 Å². The fraction of sp³-hybridized carbons (Fsp3) is 0.105. The molecule has 0 amide bonds. The summed E-state index contributed by atoms with van der Waals surface area (Å²) < 4.78 is 0. The molecule has 0 bridgehead atoms. The van der Waals surface area contributed by atoms with E-state index in [0.29, 0.717) is 16.1 Å². The molecule has 2 aromatic carbocycles. The molecular formula is C19H17NOS. The van der Waals surface area contributed by atoms with Gasteiger partial charge in [-0.3, -0.25) is 4.79 Å². The second-order valence-corrected chi connectivity index (χ2v) is 6.59. The van der Waals surface area contributed by atoms with Gasteiger partial charge in [-0.2, -0.15) is 0 Å². The minimum atomic E-state index is -0.0157. The quantitative estimate of drug-likeness (QED) is 0.703. The van der Waals surface area contributed by atoms with Crippen molar-refractivity contribution < 1.29 is 4.79 Å². The van der Waals surface area contributed by atoms with Gasteiger partial charge in [0.1, 0.15) is 0 Å². The van der Waals surface area contributed by atoms with E-state index in [0.717, 1.165) is 16.0 Å². The average Bonchev–Trinajstić information content (AvgIpc) is 2.82. The van der Waals surface area contributed by atoms with Crippen LogP contribution in [0.1, 0.15) is 26.4 Å². The van der Waals surface area contributed by atoms with Crippen LogP contribution in [0.4, 0.5) is 5.00 Å². The number of hydrogen-bond acceptors (Lipinski definition) is 3. The highest BCUT2D eigenvalue weighted by Gasteiger charge is 2.22. The van der Waals surface area contributed by atoms with Gasteiger partial charge >= 0.3 is 0 Å². The van der Waals surface area contributed by atoms with Crippen molar-refractivity contribution in [1.82, 2.24) is 0 Å². The molecule has 1 aromatic heterocycles. The second-order valence-electron chi connectivity index (χ2n) is 5.33. The number of ketones is 1. The minimum absolute atomic E-state index is 0.0157. The normalized spacial score (nSPS) is 10.6. The number of thiophene rings is 1. The van der Waals surface area contributed by atoms with E-state index in [2.05, 4.69) is 19.1 Å². The standard InChI is InChI=1S/C19H17NOS/c1-12-8-10-14(11-9-12)16-13(2)22-19(20)17(16)18(21)15-6-4-3-5-7-15/h3-11H,20H2,1-2H3. The predicted octanol–water partition coefficient (Wildman–Crippen LogP) is 4.85. The summed E-state index contributed by atoms with van der Waals surface area (Å²) in [5.41, 5.74) is 10.6. The number of carbonyl (C=O) groups excluding carboxylic acids is 1. The lowest BCUT2D eigenvalue weighted by molar-refractivity contribution is 0.104. The summed E-state index contributed by atoms with van der Waals surface area (Å²) in [7, 11) is 0. The highest BCUT2D eigenvalue weighted by atomic mass is 32.1. The van der Waals surface area contributed by atoms with E-state index in [1.54, 1.807) is 0 Å². The Balaban J connectivity index is 2.16. The van der Waals surface area contributed by atoms with E-state index >= 15 is 0 Å². The largest absolute Gasteiger partial charge is 0.390 e. The van der Waals surface area contributed by atoms with E-state index in [1.807, 2.05) is 49.4 Å². The summed E-state index contributed by atoms with van der Waals surface area (Å²) in [4.78, 5) is 13.9. The smallest absolute Gasteiger partial charge is 0.196 e. The van der Waals surface area contributed by atoms with Gasteiger partial charge in [-0.15, -0.1) is 11.3 Å². The van der Waals surface area contributed by atoms with Crippen LogP contribution in [0.2, 0.25) is 0 Å². The van der Waals surface area contributed by atoms with Gasteiger partial charge in [0.25, 0.3) is 0 Å². The SMILES string of the molecule is Cc1ccc(-c2c(C)sc(N)c2C(=O)c2ccccc2)cc1. The fourth-order valence-corrected chi connectivity index (χ4v) is 3.54. The molecule has 0 aliphatic rings. The third-order valence-electron chi connectivity index (χ3n) is 3.71. The first-order chi connectivity index (χ1) is 10.6. The molecule has 0 fully saturated rings. The molecule has 2 nitrogen and oxygen atoms in total. The van der Waals surface area contributed by atoms with Crippen LogP contribution in [-0.4, -0.2) is 5.78 Å². The zero-order chi connectivity index (χ0) is 15.7. The van der Waals surface area contributed by atoms with Crippen molar-refractivity contribution >= 4 is 22.1 Å². The first-order valence-electron chi connectivity index (χ1n) is 7.13. The molecule has 1 heterocycles. The highest BCUT2D eigenvalue weighted by molar-refractivity contribution is 7.16. The van der Waals surface area contributed by atoms with Crippen molar-refractivity contribution in [3.63, 3.8) is 0 Å². The van der Waals surface area contributed by atoms with Crippen LogP contribution in [0, 0.1) is 13.8 Å². The fourth-order valence-electron chi connectivity index (χ4n) is 2.59. The van der Waals surface area contributed by atoms with Gasteiger partial charge in [0.05, 0.1) is 10.6 Å². The summed E-state index contributed by atoms with van der Waals surface area (Å²) >= 11 is 1.47. The maximum atomic E-state index is 12.9. The lowest BCUT2D eigenvalue weighted by Crippen LogP contribution is -2.04. The molecule has 0 radical (unpaired) electrons. The van der Waals surface area contributed by atoms with Crippen molar-refractivity contribution in [2.45, 2.75) is 13.8 Å². The van der Waals surface area contributed by atoms with Crippen LogP contribution < -0.4 is 5.73 Å². The number of anilines is 1. The van der Waals surface area contributed by atoms with Crippen LogP contribution in [0.3, 0.4) is 0 Å². The van der Waals surface area contributed by atoms with Crippen LogP contribution >= 0.6 is 11.3 Å². The zero-order valence-electron chi connectivity index (χ0n) is 12.6.